The third-order valence-corrected chi connectivity index (χ3v) is 2.92. The summed E-state index contributed by atoms with van der Waals surface area (Å²) in [7, 11) is 0. The topological polar surface area (TPSA) is 15.8 Å². The summed E-state index contributed by atoms with van der Waals surface area (Å²) in [5.74, 6) is 0. The zero-order valence-corrected chi connectivity index (χ0v) is 9.20. The number of aryl methyl sites for hydroxylation is 1. The fraction of sp³-hybridized carbons (Fsp3) is 0.0667. The van der Waals surface area contributed by atoms with E-state index >= 15 is 0 Å². The smallest absolute Gasteiger partial charge is 0.0460 e. The highest BCUT2D eigenvalue weighted by Crippen LogP contribution is 2.28. The lowest BCUT2D eigenvalue weighted by atomic mass is 10.0. The summed E-state index contributed by atoms with van der Waals surface area (Å²) >= 11 is 0. The van der Waals surface area contributed by atoms with Crippen LogP contribution in [0.1, 0.15) is 5.56 Å². The number of aromatic nitrogens is 1. The van der Waals surface area contributed by atoms with Crippen LogP contribution in [0.15, 0.2) is 54.7 Å². The number of para-hydroxylation sites is 1. The van der Waals surface area contributed by atoms with E-state index in [2.05, 4.69) is 66.6 Å². The monoisotopic (exact) mass is 207 g/mol. The maximum Gasteiger partial charge on any atom is 0.0460 e. The normalized spacial score (nSPS) is 10.8. The van der Waals surface area contributed by atoms with Crippen molar-refractivity contribution in [2.24, 2.45) is 0 Å². The number of fused-ring (bicyclic) bond motifs is 1. The Morgan fingerprint density at radius 2 is 1.81 bits per heavy atom. The predicted octanol–water partition coefficient (Wildman–Crippen LogP) is 4.14. The Bertz CT molecular complexity index is 634. The van der Waals surface area contributed by atoms with Gasteiger partial charge in [-0.2, -0.15) is 0 Å². The lowest BCUT2D eigenvalue weighted by Crippen LogP contribution is -1.77. The van der Waals surface area contributed by atoms with E-state index in [1.807, 2.05) is 0 Å². The van der Waals surface area contributed by atoms with Crippen molar-refractivity contribution in [1.82, 2.24) is 4.98 Å². The van der Waals surface area contributed by atoms with Crippen LogP contribution in [0.5, 0.6) is 0 Å². The molecule has 3 aromatic rings. The van der Waals surface area contributed by atoms with Gasteiger partial charge in [-0.1, -0.05) is 48.0 Å². The van der Waals surface area contributed by atoms with Crippen LogP contribution in [-0.4, -0.2) is 4.98 Å². The maximum absolute atomic E-state index is 3.31. The summed E-state index contributed by atoms with van der Waals surface area (Å²) in [6.07, 6.45) is 2.08. The SMILES string of the molecule is Cc1cccc(-c2c[nH]c3ccccc23)c1. The van der Waals surface area contributed by atoms with Crippen molar-refractivity contribution in [1.29, 1.82) is 0 Å². The van der Waals surface area contributed by atoms with Gasteiger partial charge in [-0.15, -0.1) is 0 Å². The molecule has 0 unspecified atom stereocenters. The molecule has 0 saturated heterocycles. The van der Waals surface area contributed by atoms with Crippen LogP contribution in [0, 0.1) is 6.92 Å². The predicted molar refractivity (Wildman–Crippen MR) is 68.5 cm³/mol. The van der Waals surface area contributed by atoms with E-state index in [-0.39, 0.29) is 0 Å². The minimum absolute atomic E-state index is 1.19. The molecule has 2 aromatic carbocycles. The minimum Gasteiger partial charge on any atom is -0.361 e. The number of rotatable bonds is 1. The molecular formula is C15H13N. The second kappa shape index (κ2) is 3.53. The lowest BCUT2D eigenvalue weighted by Gasteiger charge is -2.00. The van der Waals surface area contributed by atoms with Crippen molar-refractivity contribution < 1.29 is 0 Å². The average Bonchev–Trinajstić information content (AvgIpc) is 2.72. The highest BCUT2D eigenvalue weighted by molar-refractivity contribution is 5.95. The van der Waals surface area contributed by atoms with E-state index < -0.39 is 0 Å². The standard InChI is InChI=1S/C15H13N/c1-11-5-4-6-12(9-11)14-10-16-15-8-3-2-7-13(14)15/h2-10,16H,1H3. The van der Waals surface area contributed by atoms with Crippen molar-refractivity contribution in [3.63, 3.8) is 0 Å². The zero-order valence-electron chi connectivity index (χ0n) is 9.20. The van der Waals surface area contributed by atoms with E-state index in [9.17, 15) is 0 Å². The van der Waals surface area contributed by atoms with E-state index in [1.54, 1.807) is 0 Å². The molecular weight excluding hydrogens is 194 g/mol. The van der Waals surface area contributed by atoms with E-state index in [0.717, 1.165) is 0 Å². The molecule has 1 aromatic heterocycles. The van der Waals surface area contributed by atoms with Crippen LogP contribution < -0.4 is 0 Å². The number of aromatic amines is 1. The lowest BCUT2D eigenvalue weighted by molar-refractivity contribution is 1.45. The molecule has 1 N–H and O–H groups in total. The van der Waals surface area contributed by atoms with Gasteiger partial charge in [-0.25, -0.2) is 0 Å². The molecule has 0 amide bonds. The summed E-state index contributed by atoms with van der Waals surface area (Å²) in [5.41, 5.74) is 5.04. The van der Waals surface area contributed by atoms with Gasteiger partial charge in [-0.3, -0.25) is 0 Å². The van der Waals surface area contributed by atoms with Crippen LogP contribution in [0.2, 0.25) is 0 Å². The van der Waals surface area contributed by atoms with Crippen LogP contribution in [0.25, 0.3) is 22.0 Å². The van der Waals surface area contributed by atoms with Crippen molar-refractivity contribution >= 4 is 10.9 Å². The van der Waals surface area contributed by atoms with Gasteiger partial charge < -0.3 is 4.98 Å². The zero-order chi connectivity index (χ0) is 11.0. The molecule has 0 bridgehead atoms. The van der Waals surface area contributed by atoms with Crippen molar-refractivity contribution in [3.05, 3.63) is 60.3 Å². The van der Waals surface area contributed by atoms with Gasteiger partial charge in [0.1, 0.15) is 0 Å². The number of H-pyrrole nitrogens is 1. The second-order valence-corrected chi connectivity index (χ2v) is 4.12. The van der Waals surface area contributed by atoms with Crippen LogP contribution in [0.3, 0.4) is 0 Å². The van der Waals surface area contributed by atoms with Gasteiger partial charge >= 0.3 is 0 Å². The number of hydrogen-bond acceptors (Lipinski definition) is 0. The fourth-order valence-electron chi connectivity index (χ4n) is 2.12. The molecule has 0 atom stereocenters. The second-order valence-electron chi connectivity index (χ2n) is 4.12. The summed E-state index contributed by atoms with van der Waals surface area (Å²) in [6, 6.07) is 17.0. The minimum atomic E-state index is 1.19. The molecule has 0 aliphatic heterocycles. The van der Waals surface area contributed by atoms with Gasteiger partial charge in [0.2, 0.25) is 0 Å². The molecule has 1 heteroatoms. The molecule has 0 aliphatic carbocycles. The summed E-state index contributed by atoms with van der Waals surface area (Å²) in [6.45, 7) is 2.12. The molecule has 0 fully saturated rings. The van der Waals surface area contributed by atoms with Crippen LogP contribution >= 0.6 is 0 Å². The first-order chi connectivity index (χ1) is 7.84. The Morgan fingerprint density at radius 3 is 2.69 bits per heavy atom. The van der Waals surface area contributed by atoms with E-state index in [0.29, 0.717) is 0 Å². The third kappa shape index (κ3) is 1.41. The molecule has 1 nitrogen and oxygen atoms in total. The van der Waals surface area contributed by atoms with Crippen molar-refractivity contribution in [3.8, 4) is 11.1 Å². The third-order valence-electron chi connectivity index (χ3n) is 2.92. The first-order valence-electron chi connectivity index (χ1n) is 5.48. The van der Waals surface area contributed by atoms with Crippen LogP contribution in [0.4, 0.5) is 0 Å². The van der Waals surface area contributed by atoms with Crippen LogP contribution in [-0.2, 0) is 0 Å². The number of nitrogens with one attached hydrogen (secondary N) is 1. The first kappa shape index (κ1) is 9.22. The summed E-state index contributed by atoms with van der Waals surface area (Å²) in [4.78, 5) is 3.31. The Labute approximate surface area is 94.7 Å². The number of hydrogen-bond donors (Lipinski definition) is 1. The molecule has 78 valence electrons. The van der Waals surface area contributed by atoms with Gasteiger partial charge in [0, 0.05) is 22.7 Å². The van der Waals surface area contributed by atoms with E-state index in [4.69, 9.17) is 0 Å². The average molecular weight is 207 g/mol. The van der Waals surface area contributed by atoms with Gasteiger partial charge in [0.05, 0.1) is 0 Å². The summed E-state index contributed by atoms with van der Waals surface area (Å²) < 4.78 is 0. The van der Waals surface area contributed by atoms with Gasteiger partial charge in [-0.05, 0) is 18.6 Å². The maximum atomic E-state index is 3.31. The van der Waals surface area contributed by atoms with Crippen molar-refractivity contribution in [2.75, 3.05) is 0 Å². The Balaban J connectivity index is 2.26. The highest BCUT2D eigenvalue weighted by atomic mass is 14.7. The van der Waals surface area contributed by atoms with E-state index in [1.165, 1.54) is 27.6 Å². The molecule has 0 aliphatic rings. The summed E-state index contributed by atoms with van der Waals surface area (Å²) in [5, 5.41) is 1.29. The first-order valence-corrected chi connectivity index (χ1v) is 5.48. The Kier molecular flexibility index (Phi) is 2.03. The molecule has 3 rings (SSSR count). The quantitative estimate of drug-likeness (QED) is 0.617. The molecule has 0 saturated carbocycles. The largest absolute Gasteiger partial charge is 0.361 e. The highest BCUT2D eigenvalue weighted by Gasteiger charge is 2.04. The molecule has 0 radical (unpaired) electrons. The van der Waals surface area contributed by atoms with Gasteiger partial charge in [0.25, 0.3) is 0 Å². The Hall–Kier alpha value is -2.02. The molecule has 0 spiro atoms. The molecule has 16 heavy (non-hydrogen) atoms. The van der Waals surface area contributed by atoms with Gasteiger partial charge in [0.15, 0.2) is 0 Å². The molecule has 1 heterocycles. The number of benzene rings is 2. The Morgan fingerprint density at radius 1 is 0.938 bits per heavy atom. The fourth-order valence-corrected chi connectivity index (χ4v) is 2.12. The van der Waals surface area contributed by atoms with Crippen molar-refractivity contribution in [2.45, 2.75) is 6.92 Å².